The van der Waals surface area contributed by atoms with E-state index < -0.39 is 11.1 Å². The Morgan fingerprint density at radius 2 is 1.91 bits per heavy atom. The average Bonchev–Trinajstić information content (AvgIpc) is 2.50. The number of rotatable bonds is 9. The van der Waals surface area contributed by atoms with Crippen LogP contribution in [-0.4, -0.2) is 17.7 Å². The number of carbonyl (C=O) groups excluding carboxylic acids is 1. The van der Waals surface area contributed by atoms with Gasteiger partial charge in [0.25, 0.3) is 5.69 Å². The minimum Gasteiger partial charge on any atom is -0.430 e. The van der Waals surface area contributed by atoms with E-state index in [-0.39, 0.29) is 18.0 Å². The number of hydrogen-bond donors (Lipinski definition) is 0. The summed E-state index contributed by atoms with van der Waals surface area (Å²) < 4.78 is 9.76. The molecule has 0 unspecified atom stereocenters. The molecule has 0 saturated heterocycles. The second-order valence-corrected chi connectivity index (χ2v) is 4.73. The van der Waals surface area contributed by atoms with Crippen molar-refractivity contribution >= 4 is 11.8 Å². The van der Waals surface area contributed by atoms with Gasteiger partial charge in [0, 0.05) is 12.1 Å². The first-order valence-corrected chi connectivity index (χ1v) is 7.37. The molecule has 22 heavy (non-hydrogen) atoms. The summed E-state index contributed by atoms with van der Waals surface area (Å²) in [6.07, 6.45) is 8.71. The molecule has 0 amide bonds. The first-order valence-electron chi connectivity index (χ1n) is 7.37. The summed E-state index contributed by atoms with van der Waals surface area (Å²) in [6, 6.07) is 5.23. The highest BCUT2D eigenvalue weighted by Gasteiger charge is 2.08. The number of carbonyl (C=O) groups is 1. The summed E-state index contributed by atoms with van der Waals surface area (Å²) in [5.74, 6) is 0.208. The van der Waals surface area contributed by atoms with Crippen molar-refractivity contribution in [3.05, 3.63) is 46.5 Å². The molecule has 0 atom stereocenters. The molecule has 1 aromatic rings. The van der Waals surface area contributed by atoms with E-state index in [1.54, 1.807) is 6.08 Å². The van der Waals surface area contributed by atoms with Gasteiger partial charge in [-0.3, -0.25) is 10.1 Å². The highest BCUT2D eigenvalue weighted by Crippen LogP contribution is 2.17. The fourth-order valence-corrected chi connectivity index (χ4v) is 1.75. The molecule has 0 aliphatic rings. The Kier molecular flexibility index (Phi) is 8.33. The fourth-order valence-electron chi connectivity index (χ4n) is 1.75. The van der Waals surface area contributed by atoms with Crippen LogP contribution in [0.4, 0.5) is 10.5 Å². The Balaban J connectivity index is 2.20. The fraction of sp³-hybridized carbons (Fsp3) is 0.438. The molecule has 0 aliphatic carbocycles. The first kappa shape index (κ1) is 17.7. The highest BCUT2D eigenvalue weighted by atomic mass is 16.7. The third kappa shape index (κ3) is 7.42. The molecule has 1 rings (SSSR count). The minimum absolute atomic E-state index is 0.0632. The number of unbranched alkanes of at least 4 members (excludes halogenated alkanes) is 4. The lowest BCUT2D eigenvalue weighted by molar-refractivity contribution is -0.384. The van der Waals surface area contributed by atoms with Crippen LogP contribution in [0.15, 0.2) is 36.4 Å². The third-order valence-corrected chi connectivity index (χ3v) is 2.94. The van der Waals surface area contributed by atoms with Crippen molar-refractivity contribution in [2.75, 3.05) is 6.61 Å². The van der Waals surface area contributed by atoms with Crippen molar-refractivity contribution in [1.29, 1.82) is 0 Å². The number of nitrogens with zero attached hydrogens (tertiary/aromatic N) is 1. The van der Waals surface area contributed by atoms with E-state index in [1.807, 2.05) is 6.08 Å². The van der Waals surface area contributed by atoms with Gasteiger partial charge in [-0.1, -0.05) is 38.3 Å². The average molecular weight is 307 g/mol. The second-order valence-electron chi connectivity index (χ2n) is 4.73. The van der Waals surface area contributed by atoms with Crippen LogP contribution in [-0.2, 0) is 4.74 Å². The number of allylic oxidation sites excluding steroid dienone is 1. The molecular formula is C16H21NO5. The number of nitro benzene ring substituents is 1. The van der Waals surface area contributed by atoms with E-state index in [0.717, 1.165) is 12.8 Å². The molecule has 0 radical (unpaired) electrons. The van der Waals surface area contributed by atoms with Crippen LogP contribution in [0, 0.1) is 10.1 Å². The van der Waals surface area contributed by atoms with E-state index in [2.05, 4.69) is 6.92 Å². The van der Waals surface area contributed by atoms with Gasteiger partial charge < -0.3 is 9.47 Å². The zero-order valence-corrected chi connectivity index (χ0v) is 12.7. The van der Waals surface area contributed by atoms with E-state index in [1.165, 1.54) is 43.5 Å². The smallest absolute Gasteiger partial charge is 0.430 e. The molecule has 0 saturated carbocycles. The Morgan fingerprint density at radius 1 is 1.18 bits per heavy atom. The van der Waals surface area contributed by atoms with Gasteiger partial charge in [0.05, 0.1) is 4.92 Å². The monoisotopic (exact) mass is 307 g/mol. The van der Waals surface area contributed by atoms with Crippen LogP contribution in [0.2, 0.25) is 0 Å². The molecule has 6 heteroatoms. The van der Waals surface area contributed by atoms with Crippen LogP contribution in [0.5, 0.6) is 5.75 Å². The van der Waals surface area contributed by atoms with Crippen molar-refractivity contribution < 1.29 is 19.2 Å². The van der Waals surface area contributed by atoms with Gasteiger partial charge in [-0.05, 0) is 25.0 Å². The maximum Gasteiger partial charge on any atom is 0.514 e. The molecular weight excluding hydrogens is 286 g/mol. The number of benzene rings is 1. The highest BCUT2D eigenvalue weighted by molar-refractivity contribution is 5.64. The number of non-ortho nitro benzene ring substituents is 1. The molecule has 120 valence electrons. The van der Waals surface area contributed by atoms with Crippen molar-refractivity contribution in [2.45, 2.75) is 39.0 Å². The van der Waals surface area contributed by atoms with Crippen LogP contribution in [0.25, 0.3) is 0 Å². The van der Waals surface area contributed by atoms with Crippen LogP contribution in [0.1, 0.15) is 39.0 Å². The maximum atomic E-state index is 11.4. The first-order chi connectivity index (χ1) is 10.6. The van der Waals surface area contributed by atoms with Crippen molar-refractivity contribution in [2.24, 2.45) is 0 Å². The Morgan fingerprint density at radius 3 is 2.55 bits per heavy atom. The van der Waals surface area contributed by atoms with Crippen molar-refractivity contribution in [3.8, 4) is 5.75 Å². The quantitative estimate of drug-likeness (QED) is 0.166. The molecule has 0 heterocycles. The summed E-state index contributed by atoms with van der Waals surface area (Å²) >= 11 is 0. The number of ether oxygens (including phenoxy) is 2. The zero-order chi connectivity index (χ0) is 16.2. The summed E-state index contributed by atoms with van der Waals surface area (Å²) in [6.45, 7) is 2.32. The molecule has 0 fully saturated rings. The lowest BCUT2D eigenvalue weighted by Crippen LogP contribution is -2.10. The van der Waals surface area contributed by atoms with Crippen molar-refractivity contribution in [1.82, 2.24) is 0 Å². The Bertz CT molecular complexity index is 496. The molecule has 6 nitrogen and oxygen atoms in total. The van der Waals surface area contributed by atoms with E-state index in [4.69, 9.17) is 9.47 Å². The topological polar surface area (TPSA) is 78.7 Å². The van der Waals surface area contributed by atoms with Gasteiger partial charge in [-0.25, -0.2) is 4.79 Å². The summed E-state index contributed by atoms with van der Waals surface area (Å²) in [7, 11) is 0. The van der Waals surface area contributed by atoms with E-state index in [9.17, 15) is 14.9 Å². The lowest BCUT2D eigenvalue weighted by Gasteiger charge is -2.03. The second kappa shape index (κ2) is 10.4. The molecule has 0 N–H and O–H groups in total. The van der Waals surface area contributed by atoms with Crippen LogP contribution in [0.3, 0.4) is 0 Å². The Labute approximate surface area is 129 Å². The zero-order valence-electron chi connectivity index (χ0n) is 12.7. The molecule has 0 bridgehead atoms. The maximum absolute atomic E-state index is 11.4. The van der Waals surface area contributed by atoms with Gasteiger partial charge in [0.15, 0.2) is 0 Å². The van der Waals surface area contributed by atoms with Gasteiger partial charge in [0.2, 0.25) is 0 Å². The predicted molar refractivity (Wildman–Crippen MR) is 83.0 cm³/mol. The SMILES string of the molecule is CCCCCC/C=C/COC(=O)Oc1ccc([N+](=O)[O-])cc1. The summed E-state index contributed by atoms with van der Waals surface area (Å²) in [5, 5.41) is 10.5. The minimum atomic E-state index is -0.829. The van der Waals surface area contributed by atoms with Crippen LogP contribution >= 0.6 is 0 Å². The third-order valence-electron chi connectivity index (χ3n) is 2.94. The normalized spacial score (nSPS) is 10.6. The Hall–Kier alpha value is -2.37. The van der Waals surface area contributed by atoms with Gasteiger partial charge in [-0.2, -0.15) is 0 Å². The molecule has 1 aromatic carbocycles. The molecule has 0 aromatic heterocycles. The van der Waals surface area contributed by atoms with Gasteiger partial charge >= 0.3 is 6.16 Å². The van der Waals surface area contributed by atoms with Crippen LogP contribution < -0.4 is 4.74 Å². The largest absolute Gasteiger partial charge is 0.514 e. The number of hydrogen-bond acceptors (Lipinski definition) is 5. The predicted octanol–water partition coefficient (Wildman–Crippen LogP) is 4.64. The number of nitro groups is 1. The molecule has 0 aliphatic heterocycles. The summed E-state index contributed by atoms with van der Waals surface area (Å²) in [5.41, 5.74) is -0.0632. The molecule has 0 spiro atoms. The lowest BCUT2D eigenvalue weighted by atomic mass is 10.1. The van der Waals surface area contributed by atoms with E-state index in [0.29, 0.717) is 0 Å². The van der Waals surface area contributed by atoms with Crippen molar-refractivity contribution in [3.63, 3.8) is 0 Å². The summed E-state index contributed by atoms with van der Waals surface area (Å²) in [4.78, 5) is 21.4. The standard InChI is InChI=1S/C16H21NO5/c1-2-3-4-5-6-7-8-13-21-16(18)22-15-11-9-14(10-12-15)17(19)20/h7-12H,2-6,13H2,1H3/b8-7+. The van der Waals surface area contributed by atoms with E-state index >= 15 is 0 Å². The van der Waals surface area contributed by atoms with Gasteiger partial charge in [0.1, 0.15) is 12.4 Å². The van der Waals surface area contributed by atoms with Gasteiger partial charge in [-0.15, -0.1) is 0 Å².